The Hall–Kier alpha value is -2.51. The molecular weight excluding hydrogens is 489 g/mol. The summed E-state index contributed by atoms with van der Waals surface area (Å²) in [5.41, 5.74) is 5.20. The summed E-state index contributed by atoms with van der Waals surface area (Å²) in [7, 11) is 0. The van der Waals surface area contributed by atoms with Crippen LogP contribution in [-0.4, -0.2) is 25.5 Å². The monoisotopic (exact) mass is 517 g/mol. The van der Waals surface area contributed by atoms with Gasteiger partial charge in [-0.3, -0.25) is 4.79 Å². The van der Waals surface area contributed by atoms with Gasteiger partial charge >= 0.3 is 29.6 Å². The normalized spacial score (nSPS) is 13.6. The van der Waals surface area contributed by atoms with Gasteiger partial charge in [-0.1, -0.05) is 59.1 Å². The molecule has 0 spiro atoms. The van der Waals surface area contributed by atoms with Crippen LogP contribution in [-0.2, 0) is 16.0 Å². The number of amides is 1. The summed E-state index contributed by atoms with van der Waals surface area (Å²) in [5, 5.41) is 14.2. The molecule has 0 fully saturated rings. The summed E-state index contributed by atoms with van der Waals surface area (Å²) in [6.45, 7) is 7.07. The van der Waals surface area contributed by atoms with E-state index in [4.69, 9.17) is 21.1 Å². The van der Waals surface area contributed by atoms with Crippen molar-refractivity contribution in [3.8, 4) is 17.2 Å². The zero-order valence-electron chi connectivity index (χ0n) is 21.1. The number of hydrogen-bond donors (Lipinski definition) is 1. The second-order valence-electron chi connectivity index (χ2n) is 8.51. The van der Waals surface area contributed by atoms with E-state index >= 15 is 0 Å². The first kappa shape index (κ1) is 29.7. The fourth-order valence-corrected chi connectivity index (χ4v) is 3.99. The van der Waals surface area contributed by atoms with Crippen LogP contribution in [0.5, 0.6) is 17.2 Å². The van der Waals surface area contributed by atoms with Gasteiger partial charge in [0.2, 0.25) is 6.41 Å². The standard InChI is InChI=1S/C18H17ClO4.C10H13NO.Na/c1-10-3-4-15(11(2)7-10)23-17-9-16-13(8-14(17)19)12(18(20)21)5-6-22-16;1-9-2-4-10(5-3-9)6-7-11-8-12;/h3-4,7-9,12H,5-6H2,1-2H3,(H,20,21);2-5,8H,6-7H2,1H3,(H,11,12);/q;;+1/p-1. The van der Waals surface area contributed by atoms with Gasteiger partial charge < -0.3 is 24.7 Å². The molecule has 1 aliphatic heterocycles. The molecular formula is C28H29ClNNaO5. The number of aryl methyl sites for hydroxylation is 3. The minimum absolute atomic E-state index is 0. The number of benzene rings is 3. The molecule has 8 heteroatoms. The van der Waals surface area contributed by atoms with Crippen LogP contribution in [0.2, 0.25) is 5.02 Å². The van der Waals surface area contributed by atoms with Crippen LogP contribution in [0.1, 0.15) is 40.2 Å². The van der Waals surface area contributed by atoms with E-state index in [0.717, 1.165) is 24.0 Å². The third-order valence-electron chi connectivity index (χ3n) is 5.70. The van der Waals surface area contributed by atoms with Crippen LogP contribution in [0.4, 0.5) is 0 Å². The molecule has 1 unspecified atom stereocenters. The molecule has 3 aromatic rings. The first-order chi connectivity index (χ1) is 16.8. The third kappa shape index (κ3) is 8.27. The maximum absolute atomic E-state index is 11.2. The summed E-state index contributed by atoms with van der Waals surface area (Å²) >= 11 is 6.27. The number of carbonyl (C=O) groups is 2. The molecule has 1 amide bonds. The van der Waals surface area contributed by atoms with E-state index in [1.54, 1.807) is 12.1 Å². The van der Waals surface area contributed by atoms with Crippen molar-refractivity contribution in [3.63, 3.8) is 0 Å². The summed E-state index contributed by atoms with van der Waals surface area (Å²) in [4.78, 5) is 21.2. The SMILES string of the molecule is Cc1ccc(CCNC=O)cc1.Cc1ccc(Oc2cc3c(cc2Cl)C(C(=O)[O-])CCO3)c(C)c1.[Na+]. The molecule has 3 aromatic carbocycles. The van der Waals surface area contributed by atoms with Gasteiger partial charge in [0.25, 0.3) is 0 Å². The minimum Gasteiger partial charge on any atom is -0.549 e. The van der Waals surface area contributed by atoms with Crippen molar-refractivity contribution in [2.24, 2.45) is 0 Å². The molecule has 1 atom stereocenters. The topological polar surface area (TPSA) is 87.7 Å². The molecule has 0 bridgehead atoms. The van der Waals surface area contributed by atoms with E-state index in [2.05, 4.69) is 36.5 Å². The van der Waals surface area contributed by atoms with Crippen LogP contribution in [0.3, 0.4) is 0 Å². The fraction of sp³-hybridized carbons (Fsp3) is 0.286. The van der Waals surface area contributed by atoms with Gasteiger partial charge in [-0.2, -0.15) is 0 Å². The van der Waals surface area contributed by atoms with Crippen LogP contribution in [0.25, 0.3) is 0 Å². The van der Waals surface area contributed by atoms with Crippen LogP contribution in [0, 0.1) is 20.8 Å². The predicted molar refractivity (Wildman–Crippen MR) is 134 cm³/mol. The summed E-state index contributed by atoms with van der Waals surface area (Å²) in [6, 6.07) is 17.4. The number of carboxylic acids is 1. The number of fused-ring (bicyclic) bond motifs is 1. The number of halogens is 1. The second-order valence-corrected chi connectivity index (χ2v) is 8.92. The fourth-order valence-electron chi connectivity index (χ4n) is 3.78. The van der Waals surface area contributed by atoms with Crippen molar-refractivity contribution >= 4 is 24.0 Å². The van der Waals surface area contributed by atoms with Crippen molar-refractivity contribution < 1.29 is 53.7 Å². The summed E-state index contributed by atoms with van der Waals surface area (Å²) in [5.74, 6) is -0.198. The van der Waals surface area contributed by atoms with E-state index in [1.807, 2.05) is 32.0 Å². The third-order valence-corrected chi connectivity index (χ3v) is 6.00. The molecule has 0 radical (unpaired) electrons. The van der Waals surface area contributed by atoms with Gasteiger partial charge in [0.05, 0.1) is 11.6 Å². The molecule has 1 N–H and O–H groups in total. The Kier molecular flexibility index (Phi) is 11.8. The van der Waals surface area contributed by atoms with Gasteiger partial charge in [-0.25, -0.2) is 0 Å². The van der Waals surface area contributed by atoms with E-state index in [9.17, 15) is 14.7 Å². The number of nitrogens with one attached hydrogen (secondary N) is 1. The molecule has 0 aromatic heterocycles. The largest absolute Gasteiger partial charge is 1.00 e. The van der Waals surface area contributed by atoms with Crippen LogP contribution < -0.4 is 49.5 Å². The number of aliphatic carboxylic acids is 1. The molecule has 1 aliphatic rings. The maximum atomic E-state index is 11.2. The Morgan fingerprint density at radius 2 is 1.78 bits per heavy atom. The van der Waals surface area contributed by atoms with E-state index < -0.39 is 11.9 Å². The van der Waals surface area contributed by atoms with Crippen LogP contribution >= 0.6 is 11.6 Å². The zero-order valence-corrected chi connectivity index (χ0v) is 23.9. The number of carboxylic acid groups (broad SMARTS) is 1. The Bertz CT molecular complexity index is 1180. The molecule has 184 valence electrons. The smallest absolute Gasteiger partial charge is 0.549 e. The molecule has 0 saturated carbocycles. The maximum Gasteiger partial charge on any atom is 1.00 e. The molecule has 4 rings (SSSR count). The summed E-state index contributed by atoms with van der Waals surface area (Å²) < 4.78 is 11.4. The van der Waals surface area contributed by atoms with Crippen LogP contribution in [0.15, 0.2) is 54.6 Å². The molecule has 36 heavy (non-hydrogen) atoms. The van der Waals surface area contributed by atoms with Gasteiger partial charge in [-0.15, -0.1) is 0 Å². The van der Waals surface area contributed by atoms with E-state index in [1.165, 1.54) is 11.1 Å². The molecule has 0 saturated heterocycles. The summed E-state index contributed by atoms with van der Waals surface area (Å²) in [6.07, 6.45) is 2.01. The minimum atomic E-state index is -1.12. The zero-order chi connectivity index (χ0) is 25.4. The number of ether oxygens (including phenoxy) is 2. The van der Waals surface area contributed by atoms with Gasteiger partial charge in [0.1, 0.15) is 17.2 Å². The van der Waals surface area contributed by atoms with Gasteiger partial charge in [0.15, 0.2) is 0 Å². The number of hydrogen-bond acceptors (Lipinski definition) is 5. The number of rotatable bonds is 7. The Labute approximate surface area is 239 Å². The van der Waals surface area contributed by atoms with Crippen molar-refractivity contribution in [2.45, 2.75) is 39.5 Å². The van der Waals surface area contributed by atoms with E-state index in [0.29, 0.717) is 47.4 Å². The Morgan fingerprint density at radius 3 is 2.42 bits per heavy atom. The Morgan fingerprint density at radius 1 is 1.08 bits per heavy atom. The Balaban J connectivity index is 0.000000299. The molecule has 1 heterocycles. The van der Waals surface area contributed by atoms with Crippen molar-refractivity contribution in [3.05, 3.63) is 87.4 Å². The average molecular weight is 518 g/mol. The van der Waals surface area contributed by atoms with Crippen molar-refractivity contribution in [1.29, 1.82) is 0 Å². The first-order valence-corrected chi connectivity index (χ1v) is 11.8. The van der Waals surface area contributed by atoms with E-state index in [-0.39, 0.29) is 29.6 Å². The predicted octanol–water partition coefficient (Wildman–Crippen LogP) is 1.65. The van der Waals surface area contributed by atoms with Gasteiger partial charge in [0, 0.05) is 30.1 Å². The van der Waals surface area contributed by atoms with Crippen molar-refractivity contribution in [2.75, 3.05) is 13.2 Å². The first-order valence-electron chi connectivity index (χ1n) is 11.4. The van der Waals surface area contributed by atoms with Gasteiger partial charge in [-0.05, 0) is 56.9 Å². The molecule has 6 nitrogen and oxygen atoms in total. The molecule has 0 aliphatic carbocycles. The average Bonchev–Trinajstić information content (AvgIpc) is 2.82. The second kappa shape index (κ2) is 14.3. The number of carbonyl (C=O) groups excluding carboxylic acids is 2. The van der Waals surface area contributed by atoms with Crippen molar-refractivity contribution in [1.82, 2.24) is 5.32 Å². The quantitative estimate of drug-likeness (QED) is 0.292.